The normalized spacial score (nSPS) is 15.4. The minimum absolute atomic E-state index is 0.249. The van der Waals surface area contributed by atoms with Gasteiger partial charge in [0.05, 0.1) is 7.11 Å². The lowest BCUT2D eigenvalue weighted by atomic mass is 10.3. The van der Waals surface area contributed by atoms with E-state index in [2.05, 4.69) is 37.4 Å². The number of hydroxylamine groups is 1. The molecule has 1 rings (SSSR count). The highest BCUT2D eigenvalue weighted by molar-refractivity contribution is 14.1. The molecule has 6 nitrogen and oxygen atoms in total. The Morgan fingerprint density at radius 2 is 2.00 bits per heavy atom. The summed E-state index contributed by atoms with van der Waals surface area (Å²) in [7, 11) is 1.34. The zero-order valence-corrected chi connectivity index (χ0v) is 13.9. The van der Waals surface area contributed by atoms with Crippen molar-refractivity contribution in [3.05, 3.63) is 27.8 Å². The Kier molecular flexibility index (Phi) is 6.55. The Morgan fingerprint density at radius 3 is 2.53 bits per heavy atom. The number of hydrogen-bond donors (Lipinski definition) is 1. The third kappa shape index (κ3) is 6.09. The summed E-state index contributed by atoms with van der Waals surface area (Å²) in [5.41, 5.74) is 2.33. The van der Waals surface area contributed by atoms with Crippen LogP contribution in [0.15, 0.2) is 24.3 Å². The number of carbonyl (C=O) groups excluding carboxylic acids is 1. The van der Waals surface area contributed by atoms with E-state index in [0.717, 1.165) is 3.57 Å². The molecule has 0 radical (unpaired) electrons. The molecule has 0 heterocycles. The maximum absolute atomic E-state index is 11.8. The molecule has 0 aromatic heterocycles. The lowest BCUT2D eigenvalue weighted by Crippen LogP contribution is -2.33. The van der Waals surface area contributed by atoms with E-state index in [1.165, 1.54) is 14.0 Å². The van der Waals surface area contributed by atoms with E-state index in [1.807, 2.05) is 0 Å². The van der Waals surface area contributed by atoms with Crippen LogP contribution in [-0.4, -0.2) is 19.1 Å². The molecule has 0 spiro atoms. The summed E-state index contributed by atoms with van der Waals surface area (Å²) in [6, 6.07) is 5.80. The van der Waals surface area contributed by atoms with E-state index >= 15 is 0 Å². The number of nitrogens with one attached hydrogen (secondary N) is 1. The van der Waals surface area contributed by atoms with Crippen LogP contribution in [0.2, 0.25) is 0 Å². The molecule has 19 heavy (non-hydrogen) atoms. The van der Waals surface area contributed by atoms with E-state index in [-0.39, 0.29) is 5.75 Å². The Labute approximate surface area is 129 Å². The van der Waals surface area contributed by atoms with Crippen molar-refractivity contribution >= 4 is 46.7 Å². The fourth-order valence-electron chi connectivity index (χ4n) is 1.05. The van der Waals surface area contributed by atoms with Gasteiger partial charge >= 0.3 is 12.9 Å². The second kappa shape index (κ2) is 7.44. The Morgan fingerprint density at radius 1 is 1.42 bits per heavy atom. The molecule has 0 amide bonds. The number of carbonyl (C=O) groups is 1. The van der Waals surface area contributed by atoms with Gasteiger partial charge < -0.3 is 13.9 Å². The van der Waals surface area contributed by atoms with Crippen LogP contribution in [0.1, 0.15) is 6.92 Å². The lowest BCUT2D eigenvalue weighted by molar-refractivity contribution is -0.139. The van der Waals surface area contributed by atoms with Gasteiger partial charge in [0.25, 0.3) is 0 Å². The average Bonchev–Trinajstić information content (AvgIpc) is 2.31. The van der Waals surface area contributed by atoms with Crippen molar-refractivity contribution in [1.82, 2.24) is 5.48 Å². The molecule has 1 aromatic rings. The van der Waals surface area contributed by atoms with E-state index in [0.29, 0.717) is 0 Å². The second-order valence-electron chi connectivity index (χ2n) is 3.43. The molecule has 9 heteroatoms. The average molecular weight is 420 g/mol. The van der Waals surface area contributed by atoms with E-state index < -0.39 is 19.0 Å². The number of benzene rings is 1. The smallest absolute Gasteiger partial charge is 0.405 e. The Bertz CT molecular complexity index is 483. The van der Waals surface area contributed by atoms with Crippen LogP contribution >= 0.6 is 40.8 Å². The van der Waals surface area contributed by atoms with E-state index in [4.69, 9.17) is 15.8 Å². The van der Waals surface area contributed by atoms with Crippen LogP contribution in [0.4, 0.5) is 0 Å². The topological polar surface area (TPSA) is 73.9 Å². The molecule has 0 aliphatic rings. The van der Waals surface area contributed by atoms with Crippen LogP contribution in [0.3, 0.4) is 0 Å². The number of halogens is 2. The van der Waals surface area contributed by atoms with Gasteiger partial charge in [0.1, 0.15) is 11.8 Å². The van der Waals surface area contributed by atoms with Crippen molar-refractivity contribution in [2.75, 3.05) is 7.11 Å². The van der Waals surface area contributed by atoms with Gasteiger partial charge in [-0.05, 0) is 53.8 Å². The van der Waals surface area contributed by atoms with Gasteiger partial charge in [-0.1, -0.05) is 0 Å². The molecular formula is C10H12ClINO5P. The fraction of sp³-hybridized carbons (Fsp3) is 0.300. The molecule has 0 aliphatic heterocycles. The van der Waals surface area contributed by atoms with Crippen LogP contribution in [-0.2, 0) is 18.7 Å². The first kappa shape index (κ1) is 16.7. The summed E-state index contributed by atoms with van der Waals surface area (Å²) in [6.45, 7) is -2.57. The van der Waals surface area contributed by atoms with Crippen molar-refractivity contribution in [3.63, 3.8) is 0 Å². The number of hydrogen-bond acceptors (Lipinski definition) is 6. The molecular weight excluding hydrogens is 407 g/mol. The van der Waals surface area contributed by atoms with Gasteiger partial charge in [-0.25, -0.2) is 9.36 Å². The summed E-state index contributed by atoms with van der Waals surface area (Å²) >= 11 is 7.68. The lowest BCUT2D eigenvalue weighted by Gasteiger charge is -2.15. The molecule has 0 saturated carbocycles. The van der Waals surface area contributed by atoms with Crippen molar-refractivity contribution in [1.29, 1.82) is 0 Å². The van der Waals surface area contributed by atoms with Gasteiger partial charge in [0.2, 0.25) is 0 Å². The highest BCUT2D eigenvalue weighted by atomic mass is 127. The summed E-state index contributed by atoms with van der Waals surface area (Å²) in [4.78, 5) is 16.0. The predicted octanol–water partition coefficient (Wildman–Crippen LogP) is 3.10. The van der Waals surface area contributed by atoms with Gasteiger partial charge in [-0.3, -0.25) is 0 Å². The molecule has 0 aliphatic carbocycles. The molecule has 106 valence electrons. The molecule has 0 saturated heterocycles. The first-order chi connectivity index (χ1) is 8.84. The van der Waals surface area contributed by atoms with Gasteiger partial charge in [-0.15, -0.1) is 0 Å². The third-order valence-corrected chi connectivity index (χ3v) is 3.84. The van der Waals surface area contributed by atoms with Crippen molar-refractivity contribution < 1.29 is 23.2 Å². The standard InChI is InChI=1S/C10H12ClINO5P/c1-7(13-16-2)10(14)18-19(11,15)17-9-5-3-8(12)4-6-9/h3-7,13H,1-2H3/t7-,19?/m0/s1. The minimum Gasteiger partial charge on any atom is -0.405 e. The van der Waals surface area contributed by atoms with Gasteiger partial charge in [0, 0.05) is 14.8 Å². The largest absolute Gasteiger partial charge is 0.532 e. The molecule has 1 aromatic carbocycles. The van der Waals surface area contributed by atoms with Crippen LogP contribution in [0.5, 0.6) is 5.75 Å². The highest BCUT2D eigenvalue weighted by Gasteiger charge is 2.30. The monoisotopic (exact) mass is 419 g/mol. The summed E-state index contributed by atoms with van der Waals surface area (Å²) in [5, 5.41) is 0. The van der Waals surface area contributed by atoms with E-state index in [1.54, 1.807) is 24.3 Å². The minimum atomic E-state index is -4.04. The second-order valence-corrected chi connectivity index (χ2v) is 7.14. The van der Waals surface area contributed by atoms with Crippen molar-refractivity contribution in [2.45, 2.75) is 13.0 Å². The maximum Gasteiger partial charge on any atom is 0.532 e. The van der Waals surface area contributed by atoms with Crippen LogP contribution in [0.25, 0.3) is 0 Å². The molecule has 0 fully saturated rings. The molecule has 0 bridgehead atoms. The first-order valence-corrected chi connectivity index (χ1v) is 8.63. The molecule has 1 N–H and O–H groups in total. The highest BCUT2D eigenvalue weighted by Crippen LogP contribution is 2.53. The summed E-state index contributed by atoms with van der Waals surface area (Å²) in [6.07, 6.45) is 0. The van der Waals surface area contributed by atoms with Crippen LogP contribution in [0, 0.1) is 3.57 Å². The molecule has 2 atom stereocenters. The Hall–Kier alpha value is -0.340. The van der Waals surface area contributed by atoms with Crippen LogP contribution < -0.4 is 10.0 Å². The van der Waals surface area contributed by atoms with Crippen molar-refractivity contribution in [2.24, 2.45) is 0 Å². The maximum atomic E-state index is 11.8. The third-order valence-electron chi connectivity index (χ3n) is 1.88. The number of rotatable bonds is 6. The Balaban J connectivity index is 2.63. The van der Waals surface area contributed by atoms with E-state index in [9.17, 15) is 9.36 Å². The van der Waals surface area contributed by atoms with Gasteiger partial charge in [-0.2, -0.15) is 5.48 Å². The van der Waals surface area contributed by atoms with Crippen molar-refractivity contribution in [3.8, 4) is 5.75 Å². The summed E-state index contributed by atoms with van der Waals surface area (Å²) < 4.78 is 22.4. The first-order valence-electron chi connectivity index (χ1n) is 5.11. The SMILES string of the molecule is CON[C@@H](C)C(=O)OP(=O)(Cl)Oc1ccc(I)cc1. The zero-order chi connectivity index (χ0) is 14.5. The summed E-state index contributed by atoms with van der Waals surface area (Å²) in [5.74, 6) is -0.593. The fourth-order valence-corrected chi connectivity index (χ4v) is 2.64. The molecule has 1 unspecified atom stereocenters. The quantitative estimate of drug-likeness (QED) is 0.434. The zero-order valence-electron chi connectivity index (χ0n) is 10.1. The van der Waals surface area contributed by atoms with Gasteiger partial charge in [0.15, 0.2) is 0 Å². The predicted molar refractivity (Wildman–Crippen MR) is 78.9 cm³/mol.